The van der Waals surface area contributed by atoms with E-state index in [1.165, 1.54) is 0 Å². The van der Waals surface area contributed by atoms with Crippen LogP contribution in [0.5, 0.6) is 5.75 Å². The Kier molecular flexibility index (Phi) is 3.63. The molecular weight excluding hydrogens is 226 g/mol. The lowest BCUT2D eigenvalue weighted by molar-refractivity contribution is 0.0549. The van der Waals surface area contributed by atoms with E-state index in [0.717, 1.165) is 11.1 Å². The molecule has 0 aliphatic heterocycles. The van der Waals surface area contributed by atoms with E-state index in [1.54, 1.807) is 26.4 Å². The number of para-hydroxylation sites is 1. The molecule has 0 aliphatic carbocycles. The monoisotopic (exact) mass is 243 g/mol. The van der Waals surface area contributed by atoms with Gasteiger partial charge in [0.25, 0.3) is 0 Å². The van der Waals surface area contributed by atoms with Crippen molar-refractivity contribution in [2.75, 3.05) is 7.11 Å². The fourth-order valence-electron chi connectivity index (χ4n) is 2.08. The van der Waals surface area contributed by atoms with Gasteiger partial charge in [0.2, 0.25) is 0 Å². The molecule has 0 saturated carbocycles. The summed E-state index contributed by atoms with van der Waals surface area (Å²) >= 11 is 0. The van der Waals surface area contributed by atoms with Gasteiger partial charge in [-0.05, 0) is 24.6 Å². The molecular formula is C15H17NO2. The van der Waals surface area contributed by atoms with E-state index >= 15 is 0 Å². The summed E-state index contributed by atoms with van der Waals surface area (Å²) < 4.78 is 5.29. The number of aromatic nitrogens is 1. The van der Waals surface area contributed by atoms with Gasteiger partial charge in [-0.3, -0.25) is 4.98 Å². The van der Waals surface area contributed by atoms with Gasteiger partial charge in [0.05, 0.1) is 12.7 Å². The summed E-state index contributed by atoms with van der Waals surface area (Å²) in [6.07, 6.45) is 3.99. The van der Waals surface area contributed by atoms with Gasteiger partial charge >= 0.3 is 0 Å². The Bertz CT molecular complexity index is 509. The second kappa shape index (κ2) is 5.19. The van der Waals surface area contributed by atoms with Gasteiger partial charge in [-0.15, -0.1) is 0 Å². The summed E-state index contributed by atoms with van der Waals surface area (Å²) in [5, 5.41) is 10.6. The van der Waals surface area contributed by atoms with Gasteiger partial charge in [0, 0.05) is 24.4 Å². The third-order valence-electron chi connectivity index (χ3n) is 2.96. The molecule has 1 unspecified atom stereocenters. The lowest BCUT2D eigenvalue weighted by Crippen LogP contribution is -2.25. The number of aliphatic hydroxyl groups is 1. The van der Waals surface area contributed by atoms with Gasteiger partial charge in [0.1, 0.15) is 5.75 Å². The van der Waals surface area contributed by atoms with Crippen LogP contribution in [0, 0.1) is 0 Å². The molecule has 2 rings (SSSR count). The van der Waals surface area contributed by atoms with Gasteiger partial charge in [-0.25, -0.2) is 0 Å². The van der Waals surface area contributed by atoms with Crippen molar-refractivity contribution < 1.29 is 9.84 Å². The summed E-state index contributed by atoms with van der Waals surface area (Å²) in [7, 11) is 1.61. The molecule has 94 valence electrons. The number of ether oxygens (including phenoxy) is 1. The average molecular weight is 243 g/mol. The second-order valence-electron chi connectivity index (χ2n) is 4.51. The summed E-state index contributed by atoms with van der Waals surface area (Å²) in [5.74, 6) is 0.700. The number of pyridine rings is 1. The molecule has 0 bridgehead atoms. The Balaban J connectivity index is 2.30. The number of hydrogen-bond acceptors (Lipinski definition) is 3. The first-order chi connectivity index (χ1) is 8.63. The highest BCUT2D eigenvalue weighted by Crippen LogP contribution is 2.32. The van der Waals surface area contributed by atoms with Crippen molar-refractivity contribution in [3.63, 3.8) is 0 Å². The molecule has 18 heavy (non-hydrogen) atoms. The third kappa shape index (κ3) is 2.68. The molecule has 1 aromatic heterocycles. The molecule has 1 aromatic carbocycles. The van der Waals surface area contributed by atoms with E-state index in [-0.39, 0.29) is 0 Å². The summed E-state index contributed by atoms with van der Waals surface area (Å²) in [4.78, 5) is 4.06. The SMILES string of the molecule is COc1ccccc1C(C)(O)Cc1cccnc1. The smallest absolute Gasteiger partial charge is 0.124 e. The minimum atomic E-state index is -0.977. The standard InChI is InChI=1S/C15H17NO2/c1-15(17,10-12-6-5-9-16-11-12)13-7-3-4-8-14(13)18-2/h3-9,11,17H,10H2,1-2H3. The summed E-state index contributed by atoms with van der Waals surface area (Å²) in [5.41, 5.74) is 0.806. The van der Waals surface area contributed by atoms with Crippen LogP contribution in [0.25, 0.3) is 0 Å². The molecule has 0 fully saturated rings. The maximum absolute atomic E-state index is 10.6. The van der Waals surface area contributed by atoms with E-state index in [1.807, 2.05) is 36.4 Å². The quantitative estimate of drug-likeness (QED) is 0.897. The maximum Gasteiger partial charge on any atom is 0.124 e. The molecule has 0 saturated heterocycles. The second-order valence-corrected chi connectivity index (χ2v) is 4.51. The van der Waals surface area contributed by atoms with Crippen LogP contribution in [0.3, 0.4) is 0 Å². The summed E-state index contributed by atoms with van der Waals surface area (Å²) in [6.45, 7) is 1.79. The normalized spacial score (nSPS) is 13.9. The zero-order chi connectivity index (χ0) is 13.0. The van der Waals surface area contributed by atoms with Gasteiger partial charge < -0.3 is 9.84 Å². The fourth-order valence-corrected chi connectivity index (χ4v) is 2.08. The minimum Gasteiger partial charge on any atom is -0.496 e. The van der Waals surface area contributed by atoms with E-state index in [2.05, 4.69) is 4.98 Å². The zero-order valence-corrected chi connectivity index (χ0v) is 10.6. The van der Waals surface area contributed by atoms with Crippen molar-refractivity contribution in [2.45, 2.75) is 18.9 Å². The van der Waals surface area contributed by atoms with Crippen LogP contribution in [0.2, 0.25) is 0 Å². The molecule has 0 radical (unpaired) electrons. The Labute approximate surface area is 107 Å². The van der Waals surface area contributed by atoms with Crippen LogP contribution in [0.15, 0.2) is 48.8 Å². The van der Waals surface area contributed by atoms with Crippen LogP contribution in [-0.4, -0.2) is 17.2 Å². The average Bonchev–Trinajstić information content (AvgIpc) is 2.39. The maximum atomic E-state index is 10.6. The molecule has 1 heterocycles. The zero-order valence-electron chi connectivity index (χ0n) is 10.6. The van der Waals surface area contributed by atoms with E-state index < -0.39 is 5.60 Å². The van der Waals surface area contributed by atoms with E-state index in [0.29, 0.717) is 12.2 Å². The van der Waals surface area contributed by atoms with Crippen molar-refractivity contribution in [2.24, 2.45) is 0 Å². The van der Waals surface area contributed by atoms with Crippen molar-refractivity contribution in [3.8, 4) is 5.75 Å². The Morgan fingerprint density at radius 2 is 2.00 bits per heavy atom. The molecule has 1 N–H and O–H groups in total. The Morgan fingerprint density at radius 1 is 1.22 bits per heavy atom. The van der Waals surface area contributed by atoms with Gasteiger partial charge in [-0.1, -0.05) is 24.3 Å². The first-order valence-corrected chi connectivity index (χ1v) is 5.88. The number of methoxy groups -OCH3 is 1. The molecule has 3 nitrogen and oxygen atoms in total. The van der Waals surface area contributed by atoms with Crippen LogP contribution >= 0.6 is 0 Å². The van der Waals surface area contributed by atoms with E-state index in [9.17, 15) is 5.11 Å². The highest BCUT2D eigenvalue weighted by atomic mass is 16.5. The Morgan fingerprint density at radius 3 is 2.67 bits per heavy atom. The number of rotatable bonds is 4. The van der Waals surface area contributed by atoms with Crippen LogP contribution in [-0.2, 0) is 12.0 Å². The molecule has 2 aromatic rings. The molecule has 0 spiro atoms. The van der Waals surface area contributed by atoms with Crippen LogP contribution in [0.4, 0.5) is 0 Å². The third-order valence-corrected chi connectivity index (χ3v) is 2.96. The van der Waals surface area contributed by atoms with Crippen molar-refractivity contribution in [1.82, 2.24) is 4.98 Å². The highest BCUT2D eigenvalue weighted by Gasteiger charge is 2.26. The first-order valence-electron chi connectivity index (χ1n) is 5.88. The number of hydrogen-bond donors (Lipinski definition) is 1. The summed E-state index contributed by atoms with van der Waals surface area (Å²) in [6, 6.07) is 11.4. The minimum absolute atomic E-state index is 0.501. The van der Waals surface area contributed by atoms with E-state index in [4.69, 9.17) is 4.74 Å². The predicted molar refractivity (Wildman–Crippen MR) is 70.5 cm³/mol. The van der Waals surface area contributed by atoms with Crippen LogP contribution < -0.4 is 4.74 Å². The predicted octanol–water partition coefficient (Wildman–Crippen LogP) is 2.54. The van der Waals surface area contributed by atoms with Crippen LogP contribution in [0.1, 0.15) is 18.1 Å². The first kappa shape index (κ1) is 12.6. The van der Waals surface area contributed by atoms with Crippen molar-refractivity contribution in [1.29, 1.82) is 0 Å². The van der Waals surface area contributed by atoms with Gasteiger partial charge in [-0.2, -0.15) is 0 Å². The number of benzene rings is 1. The Hall–Kier alpha value is -1.87. The van der Waals surface area contributed by atoms with Gasteiger partial charge in [0.15, 0.2) is 0 Å². The molecule has 1 atom stereocenters. The highest BCUT2D eigenvalue weighted by molar-refractivity contribution is 5.38. The lowest BCUT2D eigenvalue weighted by atomic mass is 9.89. The van der Waals surface area contributed by atoms with Crippen molar-refractivity contribution in [3.05, 3.63) is 59.9 Å². The topological polar surface area (TPSA) is 42.4 Å². The molecule has 0 aliphatic rings. The fraction of sp³-hybridized carbons (Fsp3) is 0.267. The lowest BCUT2D eigenvalue weighted by Gasteiger charge is -2.25. The van der Waals surface area contributed by atoms with Crippen molar-refractivity contribution >= 4 is 0 Å². The number of nitrogens with zero attached hydrogens (tertiary/aromatic N) is 1. The molecule has 3 heteroatoms. The molecule has 0 amide bonds. The largest absolute Gasteiger partial charge is 0.496 e.